The lowest BCUT2D eigenvalue weighted by Gasteiger charge is -2.07. The van der Waals surface area contributed by atoms with Gasteiger partial charge in [0.05, 0.1) is 0 Å². The Morgan fingerprint density at radius 1 is 1.46 bits per heavy atom. The largest absolute Gasteiger partial charge is 0.207 e. The molecule has 0 saturated carbocycles. The Kier molecular flexibility index (Phi) is 3.73. The molecule has 0 amide bonds. The van der Waals surface area contributed by atoms with Gasteiger partial charge in [0.1, 0.15) is 5.82 Å². The van der Waals surface area contributed by atoms with E-state index >= 15 is 0 Å². The van der Waals surface area contributed by atoms with Crippen molar-refractivity contribution in [1.29, 1.82) is 0 Å². The molecule has 72 valence electrons. The molecule has 0 N–H and O–H groups in total. The first-order valence-electron chi connectivity index (χ1n) is 4.44. The zero-order valence-corrected chi connectivity index (χ0v) is 8.74. The summed E-state index contributed by atoms with van der Waals surface area (Å²) in [6, 6.07) is 5.37. The molecule has 0 saturated heterocycles. The van der Waals surface area contributed by atoms with Crippen molar-refractivity contribution >= 4 is 11.6 Å². The fourth-order valence-corrected chi connectivity index (χ4v) is 1.33. The molecule has 0 fully saturated rings. The Balaban J connectivity index is 2.73. The summed E-state index contributed by atoms with van der Waals surface area (Å²) in [4.78, 5) is 0. The van der Waals surface area contributed by atoms with Crippen LogP contribution < -0.4 is 0 Å². The molecule has 0 aliphatic heterocycles. The number of hydrogen-bond donors (Lipinski definition) is 0. The Labute approximate surface area is 83.7 Å². The van der Waals surface area contributed by atoms with E-state index < -0.39 is 0 Å². The van der Waals surface area contributed by atoms with Gasteiger partial charge in [-0.3, -0.25) is 0 Å². The lowest BCUT2D eigenvalue weighted by molar-refractivity contribution is 0.607. The van der Waals surface area contributed by atoms with Crippen LogP contribution in [0.3, 0.4) is 0 Å². The predicted octanol–water partition coefficient (Wildman–Crippen LogP) is 3.55. The second-order valence-electron chi connectivity index (χ2n) is 3.55. The van der Waals surface area contributed by atoms with Crippen LogP contribution in [-0.4, -0.2) is 5.88 Å². The van der Waals surface area contributed by atoms with Gasteiger partial charge in [-0.2, -0.15) is 0 Å². The highest BCUT2D eigenvalue weighted by molar-refractivity contribution is 6.18. The molecule has 0 aliphatic carbocycles. The summed E-state index contributed by atoms with van der Waals surface area (Å²) in [5.74, 6) is 0.901. The van der Waals surface area contributed by atoms with E-state index in [2.05, 4.69) is 6.92 Å². The molecule has 13 heavy (non-hydrogen) atoms. The van der Waals surface area contributed by atoms with Gasteiger partial charge in [-0.05, 0) is 36.5 Å². The molecular weight excluding hydrogens is 187 g/mol. The van der Waals surface area contributed by atoms with Gasteiger partial charge in [-0.1, -0.05) is 19.1 Å². The van der Waals surface area contributed by atoms with Crippen molar-refractivity contribution in [3.63, 3.8) is 0 Å². The van der Waals surface area contributed by atoms with E-state index in [9.17, 15) is 4.39 Å². The van der Waals surface area contributed by atoms with Crippen molar-refractivity contribution in [1.82, 2.24) is 0 Å². The minimum atomic E-state index is -0.126. The van der Waals surface area contributed by atoms with E-state index in [4.69, 9.17) is 11.6 Å². The van der Waals surface area contributed by atoms with Gasteiger partial charge in [0.15, 0.2) is 0 Å². The molecule has 1 unspecified atom stereocenters. The highest BCUT2D eigenvalue weighted by Gasteiger charge is 2.04. The first-order valence-corrected chi connectivity index (χ1v) is 4.98. The number of benzene rings is 1. The van der Waals surface area contributed by atoms with E-state index in [0.717, 1.165) is 12.0 Å². The summed E-state index contributed by atoms with van der Waals surface area (Å²) in [5, 5.41) is 0. The first kappa shape index (κ1) is 10.5. The summed E-state index contributed by atoms with van der Waals surface area (Å²) in [6.45, 7) is 3.83. The molecule has 2 heteroatoms. The lowest BCUT2D eigenvalue weighted by Crippen LogP contribution is -2.01. The first-order chi connectivity index (χ1) is 6.13. The number of alkyl halides is 1. The predicted molar refractivity (Wildman–Crippen MR) is 54.7 cm³/mol. The maximum absolute atomic E-state index is 13.1. The monoisotopic (exact) mass is 200 g/mol. The van der Waals surface area contributed by atoms with Gasteiger partial charge in [-0.25, -0.2) is 4.39 Å². The van der Waals surface area contributed by atoms with Crippen LogP contribution >= 0.6 is 11.6 Å². The quantitative estimate of drug-likeness (QED) is 0.655. The molecule has 0 aliphatic rings. The van der Waals surface area contributed by atoms with Crippen molar-refractivity contribution in [3.05, 3.63) is 35.1 Å². The van der Waals surface area contributed by atoms with Gasteiger partial charge in [0, 0.05) is 5.88 Å². The second kappa shape index (κ2) is 4.61. The lowest BCUT2D eigenvalue weighted by atomic mass is 10.0. The van der Waals surface area contributed by atoms with Crippen LogP contribution in [0.25, 0.3) is 0 Å². The minimum absolute atomic E-state index is 0.126. The van der Waals surface area contributed by atoms with Crippen LogP contribution in [0.1, 0.15) is 18.1 Å². The third-order valence-corrected chi connectivity index (χ3v) is 2.61. The van der Waals surface area contributed by atoms with Gasteiger partial charge in [0.2, 0.25) is 0 Å². The Morgan fingerprint density at radius 3 is 2.69 bits per heavy atom. The molecule has 1 atom stereocenters. The molecule has 0 radical (unpaired) electrons. The summed E-state index contributed by atoms with van der Waals surface area (Å²) in [7, 11) is 0. The van der Waals surface area contributed by atoms with Gasteiger partial charge >= 0.3 is 0 Å². The fraction of sp³-hybridized carbons (Fsp3) is 0.455. The SMILES string of the molecule is Cc1ccc(CC(C)CCl)cc1F. The molecule has 1 aromatic carbocycles. The van der Waals surface area contributed by atoms with Crippen molar-refractivity contribution in [2.24, 2.45) is 5.92 Å². The van der Waals surface area contributed by atoms with Crippen molar-refractivity contribution in [2.45, 2.75) is 20.3 Å². The smallest absolute Gasteiger partial charge is 0.126 e. The van der Waals surface area contributed by atoms with Crippen LogP contribution in [0, 0.1) is 18.7 Å². The Morgan fingerprint density at radius 2 is 2.15 bits per heavy atom. The number of aryl methyl sites for hydroxylation is 1. The molecule has 0 aromatic heterocycles. The number of rotatable bonds is 3. The van der Waals surface area contributed by atoms with Crippen LogP contribution in [0.4, 0.5) is 4.39 Å². The van der Waals surface area contributed by atoms with Gasteiger partial charge < -0.3 is 0 Å². The second-order valence-corrected chi connectivity index (χ2v) is 3.86. The highest BCUT2D eigenvalue weighted by atomic mass is 35.5. The van der Waals surface area contributed by atoms with E-state index in [1.165, 1.54) is 0 Å². The average Bonchev–Trinajstić information content (AvgIpc) is 2.11. The van der Waals surface area contributed by atoms with Crippen molar-refractivity contribution in [3.8, 4) is 0 Å². The maximum atomic E-state index is 13.1. The van der Waals surface area contributed by atoms with Crippen LogP contribution in [0.15, 0.2) is 18.2 Å². The van der Waals surface area contributed by atoms with Crippen LogP contribution in [0.5, 0.6) is 0 Å². The van der Waals surface area contributed by atoms with E-state index in [1.54, 1.807) is 13.0 Å². The Bertz CT molecular complexity index is 283. The summed E-state index contributed by atoms with van der Waals surface area (Å²) in [6.07, 6.45) is 0.848. The summed E-state index contributed by atoms with van der Waals surface area (Å²) < 4.78 is 13.1. The number of hydrogen-bond acceptors (Lipinski definition) is 0. The molecular formula is C11H14ClF. The molecule has 1 aromatic rings. The van der Waals surface area contributed by atoms with E-state index in [-0.39, 0.29) is 5.82 Å². The number of halogens is 2. The van der Waals surface area contributed by atoms with E-state index in [1.807, 2.05) is 12.1 Å². The molecule has 0 nitrogen and oxygen atoms in total. The summed E-state index contributed by atoms with van der Waals surface area (Å²) >= 11 is 5.68. The van der Waals surface area contributed by atoms with Crippen LogP contribution in [-0.2, 0) is 6.42 Å². The normalized spacial score (nSPS) is 12.9. The molecule has 0 bridgehead atoms. The van der Waals surface area contributed by atoms with Gasteiger partial charge in [-0.15, -0.1) is 11.6 Å². The molecule has 0 heterocycles. The zero-order valence-electron chi connectivity index (χ0n) is 7.98. The molecule has 1 rings (SSSR count). The topological polar surface area (TPSA) is 0 Å². The highest BCUT2D eigenvalue weighted by Crippen LogP contribution is 2.13. The zero-order chi connectivity index (χ0) is 9.84. The summed E-state index contributed by atoms with van der Waals surface area (Å²) in [5.41, 5.74) is 1.72. The maximum Gasteiger partial charge on any atom is 0.126 e. The fourth-order valence-electron chi connectivity index (χ4n) is 1.22. The van der Waals surface area contributed by atoms with Crippen molar-refractivity contribution < 1.29 is 4.39 Å². The van der Waals surface area contributed by atoms with Crippen LogP contribution in [0.2, 0.25) is 0 Å². The third kappa shape index (κ3) is 3.00. The van der Waals surface area contributed by atoms with Crippen molar-refractivity contribution in [2.75, 3.05) is 5.88 Å². The molecule has 0 spiro atoms. The van der Waals surface area contributed by atoms with E-state index in [0.29, 0.717) is 17.4 Å². The standard InChI is InChI=1S/C11H14ClF/c1-8(7-12)5-10-4-3-9(2)11(13)6-10/h3-4,6,8H,5,7H2,1-2H3. The minimum Gasteiger partial charge on any atom is -0.207 e. The Hall–Kier alpha value is -0.560. The average molecular weight is 201 g/mol. The third-order valence-electron chi connectivity index (χ3n) is 2.08. The van der Waals surface area contributed by atoms with Gasteiger partial charge in [0.25, 0.3) is 0 Å².